The zero-order chi connectivity index (χ0) is 20.3. The summed E-state index contributed by atoms with van der Waals surface area (Å²) in [4.78, 5) is 8.70. The number of benzene rings is 3. The van der Waals surface area contributed by atoms with Crippen molar-refractivity contribution in [1.29, 1.82) is 0 Å². The number of aromatic hydroxyl groups is 2. The summed E-state index contributed by atoms with van der Waals surface area (Å²) >= 11 is 12.2. The molecule has 0 unspecified atom stereocenters. The number of nitrogens with two attached hydrogens (primary N) is 2. The number of nitrogen functional groups attached to an aromatic ring is 2. The molecule has 3 aromatic carbocycles. The first-order valence-corrected chi connectivity index (χ1v) is 8.83. The van der Waals surface area contributed by atoms with Crippen LogP contribution in [0, 0.1) is 0 Å². The summed E-state index contributed by atoms with van der Waals surface area (Å²) in [6, 6.07) is 12.4. The molecule has 0 spiro atoms. The number of phenols is 2. The first-order chi connectivity index (χ1) is 13.3. The second kappa shape index (κ2) is 9.65. The number of nitrogens with zero attached hydrogens (tertiary/aromatic N) is 2. The standard InChI is InChI=1S/C20H16Cl2N4O2.Ni/c21-15-7-17(25-9-11-5-13(23)1-3-19(11)27)18(8-16(15)22)26-10-12-6-14(24)2-4-20(12)28;/h1-10,27-28H,23-24H2;. The molecule has 0 heterocycles. The van der Waals surface area contributed by atoms with E-state index in [4.69, 9.17) is 34.7 Å². The summed E-state index contributed by atoms with van der Waals surface area (Å²) in [7, 11) is 0. The summed E-state index contributed by atoms with van der Waals surface area (Å²) in [5.41, 5.74) is 14.2. The molecular weight excluding hydrogens is 458 g/mol. The van der Waals surface area contributed by atoms with E-state index in [-0.39, 0.29) is 28.0 Å². The topological polar surface area (TPSA) is 117 Å². The molecule has 0 amide bonds. The number of phenolic OH excluding ortho intramolecular Hbond substituents is 2. The van der Waals surface area contributed by atoms with Crippen molar-refractivity contribution in [1.82, 2.24) is 0 Å². The van der Waals surface area contributed by atoms with E-state index in [2.05, 4.69) is 9.98 Å². The number of hydrogen-bond acceptors (Lipinski definition) is 6. The average molecular weight is 474 g/mol. The number of halogens is 2. The van der Waals surface area contributed by atoms with Crippen LogP contribution in [0.15, 0.2) is 58.5 Å². The van der Waals surface area contributed by atoms with Crippen LogP contribution in [0.2, 0.25) is 10.0 Å². The van der Waals surface area contributed by atoms with Gasteiger partial charge in [0.15, 0.2) is 0 Å². The minimum Gasteiger partial charge on any atom is -0.507 e. The third kappa shape index (κ3) is 5.64. The third-order valence-electron chi connectivity index (χ3n) is 3.81. The SMILES string of the molecule is Nc1ccc(O)c(C=Nc2cc(Cl)c(Cl)cc2N=Cc2cc(N)ccc2O)c1.[Ni]. The van der Waals surface area contributed by atoms with Crippen LogP contribution in [0.5, 0.6) is 11.5 Å². The van der Waals surface area contributed by atoms with Crippen LogP contribution in [0.1, 0.15) is 11.1 Å². The molecule has 0 aliphatic carbocycles. The van der Waals surface area contributed by atoms with Crippen LogP contribution in [-0.2, 0) is 16.5 Å². The van der Waals surface area contributed by atoms with Gasteiger partial charge in [0.2, 0.25) is 0 Å². The first kappa shape index (κ1) is 22.6. The average Bonchev–Trinajstić information content (AvgIpc) is 2.66. The second-order valence-corrected chi connectivity index (χ2v) is 6.72. The number of rotatable bonds is 4. The quantitative estimate of drug-likeness (QED) is 0.183. The maximum atomic E-state index is 9.93. The van der Waals surface area contributed by atoms with Crippen molar-refractivity contribution < 1.29 is 26.7 Å². The molecule has 6 nitrogen and oxygen atoms in total. The van der Waals surface area contributed by atoms with Gasteiger partial charge in [-0.05, 0) is 48.5 Å². The molecule has 0 aromatic heterocycles. The van der Waals surface area contributed by atoms with E-state index in [9.17, 15) is 10.2 Å². The van der Waals surface area contributed by atoms with Crippen molar-refractivity contribution in [3.63, 3.8) is 0 Å². The molecule has 0 radical (unpaired) electrons. The van der Waals surface area contributed by atoms with E-state index < -0.39 is 0 Å². The Balaban J connectivity index is 0.00000300. The second-order valence-electron chi connectivity index (χ2n) is 5.91. The van der Waals surface area contributed by atoms with Crippen molar-refractivity contribution in [3.05, 3.63) is 69.7 Å². The minimum absolute atomic E-state index is 0. The zero-order valence-corrected chi connectivity index (χ0v) is 17.3. The van der Waals surface area contributed by atoms with Crippen LogP contribution >= 0.6 is 23.2 Å². The van der Waals surface area contributed by atoms with Crippen molar-refractivity contribution in [3.8, 4) is 11.5 Å². The minimum atomic E-state index is 0. The predicted molar refractivity (Wildman–Crippen MR) is 116 cm³/mol. The zero-order valence-electron chi connectivity index (χ0n) is 14.8. The van der Waals surface area contributed by atoms with Gasteiger partial charge < -0.3 is 21.7 Å². The Bertz CT molecular complexity index is 1020. The molecule has 152 valence electrons. The van der Waals surface area contributed by atoms with Gasteiger partial charge in [-0.15, -0.1) is 0 Å². The molecule has 3 aromatic rings. The van der Waals surface area contributed by atoms with Gasteiger partial charge in [-0.2, -0.15) is 0 Å². The molecule has 6 N–H and O–H groups in total. The van der Waals surface area contributed by atoms with Gasteiger partial charge in [-0.1, -0.05) is 23.2 Å². The van der Waals surface area contributed by atoms with E-state index in [1.807, 2.05) is 0 Å². The Morgan fingerprint density at radius 1 is 0.690 bits per heavy atom. The van der Waals surface area contributed by atoms with Crippen molar-refractivity contribution in [2.75, 3.05) is 11.5 Å². The van der Waals surface area contributed by atoms with Gasteiger partial charge in [0.25, 0.3) is 0 Å². The largest absolute Gasteiger partial charge is 0.507 e. The van der Waals surface area contributed by atoms with Crippen molar-refractivity contribution in [2.24, 2.45) is 9.98 Å². The summed E-state index contributed by atoms with van der Waals surface area (Å²) in [5.74, 6) is 0.0699. The summed E-state index contributed by atoms with van der Waals surface area (Å²) in [5, 5.41) is 20.5. The monoisotopic (exact) mass is 472 g/mol. The molecule has 3 rings (SSSR count). The Morgan fingerprint density at radius 2 is 1.07 bits per heavy atom. The molecule has 0 saturated carbocycles. The maximum Gasteiger partial charge on any atom is 0.124 e. The first-order valence-electron chi connectivity index (χ1n) is 8.07. The number of anilines is 2. The predicted octanol–water partition coefficient (Wildman–Crippen LogP) is 5.07. The Hall–Kier alpha value is -2.73. The Morgan fingerprint density at radius 3 is 1.45 bits per heavy atom. The molecular formula is C20H16Cl2N4NiO2. The number of hydrogen-bond donors (Lipinski definition) is 4. The van der Waals surface area contributed by atoms with Crippen molar-refractivity contribution in [2.45, 2.75) is 0 Å². The van der Waals surface area contributed by atoms with Crippen molar-refractivity contribution >= 4 is 58.4 Å². The summed E-state index contributed by atoms with van der Waals surface area (Å²) in [6.45, 7) is 0. The van der Waals surface area contributed by atoms with Gasteiger partial charge in [0.05, 0.1) is 21.4 Å². The van der Waals surface area contributed by atoms with E-state index in [1.54, 1.807) is 36.4 Å². The van der Waals surface area contributed by atoms with Crippen LogP contribution in [-0.4, -0.2) is 22.6 Å². The molecule has 0 saturated heterocycles. The fourth-order valence-electron chi connectivity index (χ4n) is 2.36. The molecule has 0 bridgehead atoms. The summed E-state index contributed by atoms with van der Waals surface area (Å²) in [6.07, 6.45) is 2.89. The van der Waals surface area contributed by atoms with Gasteiger partial charge >= 0.3 is 0 Å². The van der Waals surface area contributed by atoms with Gasteiger partial charge in [0.1, 0.15) is 11.5 Å². The third-order valence-corrected chi connectivity index (χ3v) is 4.53. The van der Waals surface area contributed by atoms with Crippen LogP contribution in [0.25, 0.3) is 0 Å². The van der Waals surface area contributed by atoms with Gasteiger partial charge in [-0.25, -0.2) is 0 Å². The molecule has 29 heavy (non-hydrogen) atoms. The number of aliphatic imine (C=N–C) groups is 2. The van der Waals surface area contributed by atoms with Crippen LogP contribution < -0.4 is 11.5 Å². The van der Waals surface area contributed by atoms with E-state index >= 15 is 0 Å². The molecule has 0 atom stereocenters. The molecule has 0 fully saturated rings. The molecule has 0 aliphatic heterocycles. The smallest absolute Gasteiger partial charge is 0.124 e. The summed E-state index contributed by atoms with van der Waals surface area (Å²) < 4.78 is 0. The maximum absolute atomic E-state index is 9.93. The normalized spacial score (nSPS) is 11.1. The van der Waals surface area contributed by atoms with E-state index in [1.165, 1.54) is 24.6 Å². The van der Waals surface area contributed by atoms with E-state index in [0.717, 1.165) is 0 Å². The van der Waals surface area contributed by atoms with Gasteiger partial charge in [-0.3, -0.25) is 9.98 Å². The van der Waals surface area contributed by atoms with Crippen LogP contribution in [0.4, 0.5) is 22.7 Å². The fraction of sp³-hybridized carbons (Fsp3) is 0. The molecule has 9 heteroatoms. The molecule has 0 aliphatic rings. The van der Waals surface area contributed by atoms with Crippen LogP contribution in [0.3, 0.4) is 0 Å². The van der Waals surface area contributed by atoms with E-state index in [0.29, 0.717) is 43.9 Å². The fourth-order valence-corrected chi connectivity index (χ4v) is 2.68. The Kier molecular flexibility index (Phi) is 7.51. The Labute approximate surface area is 187 Å². The van der Waals surface area contributed by atoms with Gasteiger partial charge in [0, 0.05) is 51.4 Å².